The fraction of sp³-hybridized carbons (Fsp3) is 0.333. The molecule has 0 fully saturated rings. The molecule has 2 nitrogen and oxygen atoms in total. The normalized spacial score (nSPS) is 10.7. The standard InChI is InChI=1S/C24H28O2Si/c1-7-9-21-11-15-23(16-12-21)25-27(19(3)4,20(5)6)26-24-17-13-22(10-8-2)14-18-24/h11-20H,1-6H3. The van der Waals surface area contributed by atoms with Crippen LogP contribution in [0.25, 0.3) is 0 Å². The van der Waals surface area contributed by atoms with Crippen molar-refractivity contribution in [2.45, 2.75) is 52.6 Å². The topological polar surface area (TPSA) is 18.5 Å². The van der Waals surface area contributed by atoms with Crippen LogP contribution >= 0.6 is 0 Å². The van der Waals surface area contributed by atoms with Crippen molar-refractivity contribution in [1.29, 1.82) is 0 Å². The van der Waals surface area contributed by atoms with Crippen molar-refractivity contribution < 1.29 is 8.85 Å². The molecular weight excluding hydrogens is 348 g/mol. The molecule has 27 heavy (non-hydrogen) atoms. The molecule has 3 heteroatoms. The first-order valence-electron chi connectivity index (χ1n) is 9.35. The molecule has 0 atom stereocenters. The smallest absolute Gasteiger partial charge is 0.465 e. The molecule has 0 saturated carbocycles. The highest BCUT2D eigenvalue weighted by Gasteiger charge is 2.49. The SMILES string of the molecule is CC#Cc1ccc(O[Si](Oc2ccc(C#CC)cc2)(C(C)C)C(C)C)cc1. The number of benzene rings is 2. The molecule has 0 spiro atoms. The van der Waals surface area contributed by atoms with Crippen molar-refractivity contribution in [1.82, 2.24) is 0 Å². The summed E-state index contributed by atoms with van der Waals surface area (Å²) in [5.41, 5.74) is 2.53. The van der Waals surface area contributed by atoms with E-state index in [0.717, 1.165) is 22.6 Å². The van der Waals surface area contributed by atoms with Gasteiger partial charge < -0.3 is 8.85 Å². The van der Waals surface area contributed by atoms with Gasteiger partial charge in [0.1, 0.15) is 11.5 Å². The molecule has 0 aliphatic heterocycles. The Labute approximate surface area is 165 Å². The maximum Gasteiger partial charge on any atom is 0.465 e. The van der Waals surface area contributed by atoms with E-state index in [0.29, 0.717) is 0 Å². The second-order valence-electron chi connectivity index (χ2n) is 7.03. The van der Waals surface area contributed by atoms with Crippen molar-refractivity contribution in [2.24, 2.45) is 0 Å². The van der Waals surface area contributed by atoms with Gasteiger partial charge in [-0.25, -0.2) is 0 Å². The van der Waals surface area contributed by atoms with Crippen LogP contribution in [0.5, 0.6) is 11.5 Å². The summed E-state index contributed by atoms with van der Waals surface area (Å²) >= 11 is 0. The van der Waals surface area contributed by atoms with Gasteiger partial charge in [-0.15, -0.1) is 11.8 Å². The van der Waals surface area contributed by atoms with Gasteiger partial charge in [0.25, 0.3) is 0 Å². The van der Waals surface area contributed by atoms with E-state index in [1.165, 1.54) is 0 Å². The zero-order valence-electron chi connectivity index (χ0n) is 17.1. The van der Waals surface area contributed by atoms with Crippen LogP contribution in [0.1, 0.15) is 52.7 Å². The first kappa shape index (κ1) is 20.7. The van der Waals surface area contributed by atoms with Gasteiger partial charge in [-0.05, 0) is 62.4 Å². The first-order valence-corrected chi connectivity index (χ1v) is 11.3. The maximum atomic E-state index is 6.58. The lowest BCUT2D eigenvalue weighted by Crippen LogP contribution is -2.54. The van der Waals surface area contributed by atoms with Crippen LogP contribution in [-0.4, -0.2) is 8.56 Å². The lowest BCUT2D eigenvalue weighted by Gasteiger charge is -2.37. The van der Waals surface area contributed by atoms with Gasteiger partial charge in [-0.1, -0.05) is 39.5 Å². The van der Waals surface area contributed by atoms with E-state index in [4.69, 9.17) is 8.85 Å². The van der Waals surface area contributed by atoms with Crippen molar-refractivity contribution in [3.63, 3.8) is 0 Å². The molecule has 2 aromatic carbocycles. The second-order valence-corrected chi connectivity index (χ2v) is 11.2. The van der Waals surface area contributed by atoms with Crippen molar-refractivity contribution >= 4 is 8.56 Å². The number of hydrogen-bond acceptors (Lipinski definition) is 2. The molecule has 0 N–H and O–H groups in total. The molecule has 140 valence electrons. The molecule has 0 aliphatic rings. The van der Waals surface area contributed by atoms with E-state index in [1.807, 2.05) is 62.4 Å². The van der Waals surface area contributed by atoms with Crippen LogP contribution in [0.4, 0.5) is 0 Å². The second kappa shape index (κ2) is 9.35. The van der Waals surface area contributed by atoms with Gasteiger partial charge in [0.2, 0.25) is 0 Å². The first-order chi connectivity index (χ1) is 12.9. The average Bonchev–Trinajstić information content (AvgIpc) is 2.64. The van der Waals surface area contributed by atoms with Gasteiger partial charge in [-0.2, -0.15) is 0 Å². The van der Waals surface area contributed by atoms with Crippen LogP contribution in [0.15, 0.2) is 48.5 Å². The third kappa shape index (κ3) is 5.19. The molecule has 2 rings (SSSR count). The van der Waals surface area contributed by atoms with Crippen molar-refractivity contribution in [3.05, 3.63) is 59.7 Å². The van der Waals surface area contributed by atoms with Crippen LogP contribution in [0.3, 0.4) is 0 Å². The predicted molar refractivity (Wildman–Crippen MR) is 115 cm³/mol. The minimum atomic E-state index is -2.58. The Kier molecular flexibility index (Phi) is 7.17. The Bertz CT molecular complexity index is 782. The van der Waals surface area contributed by atoms with Crippen molar-refractivity contribution in [2.75, 3.05) is 0 Å². The van der Waals surface area contributed by atoms with Crippen LogP contribution in [-0.2, 0) is 0 Å². The fourth-order valence-corrected chi connectivity index (χ4v) is 6.36. The molecule has 0 saturated heterocycles. The highest BCUT2D eigenvalue weighted by molar-refractivity contribution is 6.71. The van der Waals surface area contributed by atoms with Gasteiger partial charge >= 0.3 is 8.56 Å². The zero-order valence-corrected chi connectivity index (χ0v) is 18.1. The molecule has 0 aromatic heterocycles. The lowest BCUT2D eigenvalue weighted by atomic mass is 10.2. The maximum absolute atomic E-state index is 6.58. The number of hydrogen-bond donors (Lipinski definition) is 0. The van der Waals surface area contributed by atoms with E-state index in [1.54, 1.807) is 0 Å². The quantitative estimate of drug-likeness (QED) is 0.445. The Morgan fingerprint density at radius 2 is 0.963 bits per heavy atom. The van der Waals surface area contributed by atoms with Crippen LogP contribution in [0.2, 0.25) is 11.1 Å². The van der Waals surface area contributed by atoms with E-state index >= 15 is 0 Å². The monoisotopic (exact) mass is 376 g/mol. The van der Waals surface area contributed by atoms with Crippen LogP contribution in [0, 0.1) is 23.7 Å². The highest BCUT2D eigenvalue weighted by Crippen LogP contribution is 2.36. The summed E-state index contributed by atoms with van der Waals surface area (Å²) in [6, 6.07) is 15.9. The molecule has 2 aromatic rings. The molecule has 0 unspecified atom stereocenters. The highest BCUT2D eigenvalue weighted by atomic mass is 28.4. The van der Waals surface area contributed by atoms with E-state index < -0.39 is 8.56 Å². The summed E-state index contributed by atoms with van der Waals surface area (Å²) in [5, 5.41) is 0. The molecular formula is C24H28O2Si. The lowest BCUT2D eigenvalue weighted by molar-refractivity contribution is 0.351. The third-order valence-electron chi connectivity index (χ3n) is 4.41. The fourth-order valence-electron chi connectivity index (χ4n) is 3.03. The molecule has 0 aliphatic carbocycles. The van der Waals surface area contributed by atoms with Crippen LogP contribution < -0.4 is 8.85 Å². The molecule has 0 bridgehead atoms. The predicted octanol–water partition coefficient (Wildman–Crippen LogP) is 6.15. The summed E-state index contributed by atoms with van der Waals surface area (Å²) in [6.45, 7) is 12.4. The minimum absolute atomic E-state index is 0.280. The largest absolute Gasteiger partial charge is 0.512 e. The summed E-state index contributed by atoms with van der Waals surface area (Å²) in [7, 11) is -2.58. The summed E-state index contributed by atoms with van der Waals surface area (Å²) in [4.78, 5) is 0. The van der Waals surface area contributed by atoms with Gasteiger partial charge in [0.05, 0.1) is 0 Å². The Hall–Kier alpha value is -2.62. The van der Waals surface area contributed by atoms with E-state index in [9.17, 15) is 0 Å². The molecule has 0 radical (unpaired) electrons. The summed E-state index contributed by atoms with van der Waals surface area (Å²) in [6.07, 6.45) is 0. The van der Waals surface area contributed by atoms with Gasteiger partial charge in [0.15, 0.2) is 0 Å². The van der Waals surface area contributed by atoms with Gasteiger partial charge in [0, 0.05) is 22.2 Å². The van der Waals surface area contributed by atoms with E-state index in [2.05, 4.69) is 51.4 Å². The van der Waals surface area contributed by atoms with Crippen molar-refractivity contribution in [3.8, 4) is 35.2 Å². The Balaban J connectivity index is 2.33. The zero-order chi connectivity index (χ0) is 19.9. The third-order valence-corrected chi connectivity index (χ3v) is 8.74. The minimum Gasteiger partial charge on any atom is -0.512 e. The Morgan fingerprint density at radius 3 is 1.22 bits per heavy atom. The Morgan fingerprint density at radius 1 is 0.630 bits per heavy atom. The average molecular weight is 377 g/mol. The van der Waals surface area contributed by atoms with Gasteiger partial charge in [-0.3, -0.25) is 0 Å². The summed E-state index contributed by atoms with van der Waals surface area (Å²) < 4.78 is 13.2. The van der Waals surface area contributed by atoms with E-state index in [-0.39, 0.29) is 11.1 Å². The number of rotatable bonds is 6. The summed E-state index contributed by atoms with van der Waals surface area (Å²) in [5.74, 6) is 13.6. The molecule has 0 amide bonds. The molecule has 0 heterocycles.